The molecule has 0 aliphatic heterocycles. The second-order valence-corrected chi connectivity index (χ2v) is 5.93. The summed E-state index contributed by atoms with van der Waals surface area (Å²) in [6.45, 7) is 6.07. The average molecular weight is 318 g/mol. The van der Waals surface area contributed by atoms with Crippen LogP contribution in [-0.4, -0.2) is 12.5 Å². The molecule has 116 valence electrons. The van der Waals surface area contributed by atoms with E-state index in [1.54, 1.807) is 12.1 Å². The summed E-state index contributed by atoms with van der Waals surface area (Å²) >= 11 is 5.90. The van der Waals surface area contributed by atoms with Crippen LogP contribution in [0.2, 0.25) is 5.02 Å². The second kappa shape index (κ2) is 7.32. The first-order valence-corrected chi connectivity index (χ1v) is 7.63. The lowest BCUT2D eigenvalue weighted by molar-refractivity contribution is -0.118. The molecular formula is C18H20ClNO2. The van der Waals surface area contributed by atoms with Crippen LogP contribution in [0.5, 0.6) is 5.75 Å². The van der Waals surface area contributed by atoms with Crippen LogP contribution in [0.3, 0.4) is 0 Å². The lowest BCUT2D eigenvalue weighted by atomic mass is 10.0. The number of hydrogen-bond acceptors (Lipinski definition) is 2. The maximum Gasteiger partial charge on any atom is 0.262 e. The fourth-order valence-corrected chi connectivity index (χ4v) is 2.41. The molecular weight excluding hydrogens is 298 g/mol. The van der Waals surface area contributed by atoms with Gasteiger partial charge in [0, 0.05) is 10.7 Å². The van der Waals surface area contributed by atoms with E-state index in [0.29, 0.717) is 10.9 Å². The van der Waals surface area contributed by atoms with Crippen LogP contribution < -0.4 is 10.1 Å². The van der Waals surface area contributed by atoms with Gasteiger partial charge in [-0.25, -0.2) is 0 Å². The van der Waals surface area contributed by atoms with Crippen LogP contribution in [0, 0.1) is 6.92 Å². The molecule has 0 aromatic heterocycles. The van der Waals surface area contributed by atoms with Crippen molar-refractivity contribution in [2.45, 2.75) is 26.7 Å². The molecule has 0 saturated heterocycles. The number of para-hydroxylation sites is 1. The number of ether oxygens (including phenoxy) is 1. The van der Waals surface area contributed by atoms with Crippen molar-refractivity contribution in [3.63, 3.8) is 0 Å². The molecule has 0 spiro atoms. The number of anilines is 1. The highest BCUT2D eigenvalue weighted by Crippen LogP contribution is 2.26. The number of halogens is 1. The molecule has 1 N–H and O–H groups in total. The molecule has 0 saturated carbocycles. The lowest BCUT2D eigenvalue weighted by Crippen LogP contribution is -2.21. The Morgan fingerprint density at radius 1 is 1.23 bits per heavy atom. The van der Waals surface area contributed by atoms with Gasteiger partial charge in [0.1, 0.15) is 5.75 Å². The monoisotopic (exact) mass is 317 g/mol. The first kappa shape index (κ1) is 16.4. The molecule has 22 heavy (non-hydrogen) atoms. The molecule has 0 unspecified atom stereocenters. The SMILES string of the molecule is Cc1cc(Cl)ccc1NC(=O)COc1ccccc1C(C)C. The van der Waals surface area contributed by atoms with Gasteiger partial charge in [-0.15, -0.1) is 0 Å². The van der Waals surface area contributed by atoms with Crippen molar-refractivity contribution in [2.75, 3.05) is 11.9 Å². The molecule has 0 aliphatic carbocycles. The van der Waals surface area contributed by atoms with Crippen molar-refractivity contribution in [1.82, 2.24) is 0 Å². The minimum Gasteiger partial charge on any atom is -0.483 e. The maximum absolute atomic E-state index is 12.0. The molecule has 0 aliphatic rings. The number of carbonyl (C=O) groups excluding carboxylic acids is 1. The molecule has 1 amide bonds. The first-order valence-electron chi connectivity index (χ1n) is 7.25. The van der Waals surface area contributed by atoms with Crippen molar-refractivity contribution in [3.8, 4) is 5.75 Å². The number of hydrogen-bond donors (Lipinski definition) is 1. The third-order valence-corrected chi connectivity index (χ3v) is 3.60. The number of carbonyl (C=O) groups is 1. The number of benzene rings is 2. The van der Waals surface area contributed by atoms with Crippen molar-refractivity contribution in [2.24, 2.45) is 0 Å². The van der Waals surface area contributed by atoms with Crippen LogP contribution in [0.25, 0.3) is 0 Å². The summed E-state index contributed by atoms with van der Waals surface area (Å²) in [5.74, 6) is 0.905. The zero-order chi connectivity index (χ0) is 16.1. The van der Waals surface area contributed by atoms with Gasteiger partial charge in [-0.3, -0.25) is 4.79 Å². The normalized spacial score (nSPS) is 10.6. The summed E-state index contributed by atoms with van der Waals surface area (Å²) in [7, 11) is 0. The van der Waals surface area contributed by atoms with Gasteiger partial charge in [0.05, 0.1) is 0 Å². The van der Waals surface area contributed by atoms with Crippen LogP contribution >= 0.6 is 11.6 Å². The van der Waals surface area contributed by atoms with Crippen molar-refractivity contribution in [3.05, 3.63) is 58.6 Å². The zero-order valence-electron chi connectivity index (χ0n) is 13.0. The Labute approximate surface area is 136 Å². The average Bonchev–Trinajstić information content (AvgIpc) is 2.48. The molecule has 0 fully saturated rings. The lowest BCUT2D eigenvalue weighted by Gasteiger charge is -2.14. The third-order valence-electron chi connectivity index (χ3n) is 3.36. The Hall–Kier alpha value is -2.00. The van der Waals surface area contributed by atoms with Crippen LogP contribution in [0.4, 0.5) is 5.69 Å². The second-order valence-electron chi connectivity index (χ2n) is 5.49. The van der Waals surface area contributed by atoms with Gasteiger partial charge in [-0.05, 0) is 48.2 Å². The van der Waals surface area contributed by atoms with Gasteiger partial charge < -0.3 is 10.1 Å². The highest BCUT2D eigenvalue weighted by Gasteiger charge is 2.10. The third kappa shape index (κ3) is 4.25. The fourth-order valence-electron chi connectivity index (χ4n) is 2.19. The minimum absolute atomic E-state index is 0.0220. The minimum atomic E-state index is -0.191. The van der Waals surface area contributed by atoms with Gasteiger partial charge in [0.2, 0.25) is 0 Å². The van der Waals surface area contributed by atoms with E-state index < -0.39 is 0 Å². The molecule has 3 nitrogen and oxygen atoms in total. The Morgan fingerprint density at radius 3 is 2.64 bits per heavy atom. The molecule has 0 radical (unpaired) electrons. The Bertz CT molecular complexity index is 668. The zero-order valence-corrected chi connectivity index (χ0v) is 13.8. The summed E-state index contributed by atoms with van der Waals surface area (Å²) in [5.41, 5.74) is 2.76. The molecule has 2 aromatic rings. The summed E-state index contributed by atoms with van der Waals surface area (Å²) < 4.78 is 5.66. The van der Waals surface area contributed by atoms with Crippen molar-refractivity contribution in [1.29, 1.82) is 0 Å². The summed E-state index contributed by atoms with van der Waals surface area (Å²) in [6.07, 6.45) is 0. The van der Waals surface area contributed by atoms with Crippen LogP contribution in [0.1, 0.15) is 30.9 Å². The maximum atomic E-state index is 12.0. The van der Waals surface area contributed by atoms with Gasteiger partial charge in [-0.2, -0.15) is 0 Å². The van der Waals surface area contributed by atoms with E-state index in [0.717, 1.165) is 22.6 Å². The molecule has 2 aromatic carbocycles. The van der Waals surface area contributed by atoms with Gasteiger partial charge in [0.25, 0.3) is 5.91 Å². The largest absolute Gasteiger partial charge is 0.483 e. The number of amides is 1. The smallest absolute Gasteiger partial charge is 0.262 e. The van der Waals surface area contributed by atoms with E-state index in [9.17, 15) is 4.79 Å². The molecule has 0 heterocycles. The molecule has 0 atom stereocenters. The summed E-state index contributed by atoms with van der Waals surface area (Å²) in [6, 6.07) is 13.1. The highest BCUT2D eigenvalue weighted by molar-refractivity contribution is 6.30. The molecule has 4 heteroatoms. The highest BCUT2D eigenvalue weighted by atomic mass is 35.5. The topological polar surface area (TPSA) is 38.3 Å². The fraction of sp³-hybridized carbons (Fsp3) is 0.278. The van der Waals surface area contributed by atoms with Gasteiger partial charge in [0.15, 0.2) is 6.61 Å². The Morgan fingerprint density at radius 2 is 1.95 bits per heavy atom. The van der Waals surface area contributed by atoms with Crippen molar-refractivity contribution < 1.29 is 9.53 Å². The van der Waals surface area contributed by atoms with Crippen molar-refractivity contribution >= 4 is 23.2 Å². The Balaban J connectivity index is 1.99. The standard InChI is InChI=1S/C18H20ClNO2/c1-12(2)15-6-4-5-7-17(15)22-11-18(21)20-16-9-8-14(19)10-13(16)3/h4-10,12H,11H2,1-3H3,(H,20,21). The van der Waals surface area contributed by atoms with E-state index in [1.165, 1.54) is 0 Å². The predicted octanol–water partition coefficient (Wildman–Crippen LogP) is 4.79. The number of nitrogens with one attached hydrogen (secondary N) is 1. The first-order chi connectivity index (χ1) is 10.5. The van der Waals surface area contributed by atoms with E-state index in [2.05, 4.69) is 19.2 Å². The van der Waals surface area contributed by atoms with Gasteiger partial charge in [-0.1, -0.05) is 43.6 Å². The molecule has 0 bridgehead atoms. The van der Waals surface area contributed by atoms with E-state index in [4.69, 9.17) is 16.3 Å². The van der Waals surface area contributed by atoms with Crippen LogP contribution in [0.15, 0.2) is 42.5 Å². The number of aryl methyl sites for hydroxylation is 1. The quantitative estimate of drug-likeness (QED) is 0.861. The Kier molecular flexibility index (Phi) is 5.45. The molecule has 2 rings (SSSR count). The summed E-state index contributed by atoms with van der Waals surface area (Å²) in [5, 5.41) is 3.48. The van der Waals surface area contributed by atoms with Gasteiger partial charge >= 0.3 is 0 Å². The predicted molar refractivity (Wildman–Crippen MR) is 90.8 cm³/mol. The van der Waals surface area contributed by atoms with E-state index in [1.807, 2.05) is 37.3 Å². The van der Waals surface area contributed by atoms with Crippen LogP contribution in [-0.2, 0) is 4.79 Å². The van der Waals surface area contributed by atoms with E-state index in [-0.39, 0.29) is 12.5 Å². The number of rotatable bonds is 5. The van der Waals surface area contributed by atoms with E-state index >= 15 is 0 Å². The summed E-state index contributed by atoms with van der Waals surface area (Å²) in [4.78, 5) is 12.0.